The fourth-order valence-electron chi connectivity index (χ4n) is 9.56. The van der Waals surface area contributed by atoms with Gasteiger partial charge >= 0.3 is 0 Å². The third-order valence-electron chi connectivity index (χ3n) is 10.8. The summed E-state index contributed by atoms with van der Waals surface area (Å²) < 4.78 is 0. The number of hydrogen-bond donors (Lipinski definition) is 3. The van der Waals surface area contributed by atoms with E-state index in [9.17, 15) is 15.3 Å². The molecule has 3 nitrogen and oxygen atoms in total. The van der Waals surface area contributed by atoms with Gasteiger partial charge in [0.2, 0.25) is 0 Å². The minimum atomic E-state index is -0.888. The predicted molar refractivity (Wildman–Crippen MR) is 125 cm³/mol. The Bertz CT molecular complexity index is 738. The third kappa shape index (κ3) is 3.04. The summed E-state index contributed by atoms with van der Waals surface area (Å²) in [6.45, 7) is 12.7. The van der Waals surface area contributed by atoms with Crippen molar-refractivity contribution in [2.45, 2.75) is 98.2 Å². The van der Waals surface area contributed by atoms with Crippen LogP contribution in [0.4, 0.5) is 0 Å². The van der Waals surface area contributed by atoms with Crippen LogP contribution in [-0.2, 0) is 0 Å². The van der Waals surface area contributed by atoms with Gasteiger partial charge in [0.1, 0.15) is 12.2 Å². The molecular weight excluding hydrogens is 384 g/mol. The van der Waals surface area contributed by atoms with Gasteiger partial charge in [0, 0.05) is 11.3 Å². The zero-order valence-corrected chi connectivity index (χ0v) is 20.7. The molecule has 0 aromatic rings. The SMILES string of the molecule is CC.CC.CC12CCC(O)CC1C1CC1C1C2CCC2(C)C1C1CC1[C@@]2(O)C#CCO. The van der Waals surface area contributed by atoms with Crippen LogP contribution in [0.5, 0.6) is 0 Å². The van der Waals surface area contributed by atoms with E-state index in [0.717, 1.165) is 55.3 Å². The maximum atomic E-state index is 11.7. The fourth-order valence-corrected chi connectivity index (χ4v) is 9.56. The van der Waals surface area contributed by atoms with Crippen LogP contribution in [-0.4, -0.2) is 33.6 Å². The summed E-state index contributed by atoms with van der Waals surface area (Å²) in [5.41, 5.74) is -0.597. The zero-order valence-electron chi connectivity index (χ0n) is 20.7. The summed E-state index contributed by atoms with van der Waals surface area (Å²) >= 11 is 0. The van der Waals surface area contributed by atoms with E-state index in [2.05, 4.69) is 25.7 Å². The standard InChI is InChI=1S/C24H34O3.2C2H6/c1-22-7-4-13(26)10-18(22)14-11-15(14)20-17(22)5-8-23(2)21(20)16-12-19(16)24(23,27)6-3-9-25;2*1-2/h13-21,25-27H,4-5,7-12H2,1-2H3;2*1-2H3/t13?,14?,15?,16?,17?,18?,19?,20?,21?,22?,23?,24-;;/m0../s1. The molecule has 176 valence electrons. The molecule has 11 unspecified atom stereocenters. The van der Waals surface area contributed by atoms with E-state index in [4.69, 9.17) is 0 Å². The molecule has 3 N–H and O–H groups in total. The average molecular weight is 431 g/mol. The number of hydrogen-bond acceptors (Lipinski definition) is 3. The van der Waals surface area contributed by atoms with E-state index in [1.54, 1.807) is 0 Å². The second-order valence-electron chi connectivity index (χ2n) is 11.5. The van der Waals surface area contributed by atoms with Crippen molar-refractivity contribution < 1.29 is 15.3 Å². The molecule has 6 aliphatic carbocycles. The highest BCUT2D eigenvalue weighted by molar-refractivity contribution is 5.35. The number of aliphatic hydroxyl groups is 3. The molecule has 0 aliphatic heterocycles. The van der Waals surface area contributed by atoms with Crippen molar-refractivity contribution in [2.75, 3.05) is 6.61 Å². The van der Waals surface area contributed by atoms with Gasteiger partial charge in [-0.2, -0.15) is 0 Å². The highest BCUT2D eigenvalue weighted by Gasteiger charge is 2.79. The number of rotatable bonds is 0. The third-order valence-corrected chi connectivity index (χ3v) is 10.8. The Morgan fingerprint density at radius 1 is 0.839 bits per heavy atom. The predicted octanol–water partition coefficient (Wildman–Crippen LogP) is 4.88. The molecule has 6 saturated carbocycles. The first kappa shape index (κ1) is 23.6. The van der Waals surface area contributed by atoms with Crippen molar-refractivity contribution in [3.8, 4) is 11.8 Å². The molecule has 6 aliphatic rings. The van der Waals surface area contributed by atoms with Crippen molar-refractivity contribution in [2.24, 2.45) is 58.2 Å². The van der Waals surface area contributed by atoms with E-state index in [1.807, 2.05) is 27.7 Å². The Kier molecular flexibility index (Phi) is 6.11. The number of fused-ring (bicyclic) bond motifs is 10. The van der Waals surface area contributed by atoms with Gasteiger partial charge in [-0.3, -0.25) is 0 Å². The molecule has 6 rings (SSSR count). The van der Waals surface area contributed by atoms with Crippen LogP contribution < -0.4 is 0 Å². The summed E-state index contributed by atoms with van der Waals surface area (Å²) in [6, 6.07) is 0. The van der Waals surface area contributed by atoms with Crippen LogP contribution in [0.25, 0.3) is 0 Å². The maximum absolute atomic E-state index is 11.7. The molecule has 0 aromatic heterocycles. The Morgan fingerprint density at radius 3 is 2.23 bits per heavy atom. The van der Waals surface area contributed by atoms with E-state index < -0.39 is 5.60 Å². The average Bonchev–Trinajstić information content (AvgIpc) is 3.69. The monoisotopic (exact) mass is 430 g/mol. The van der Waals surface area contributed by atoms with Gasteiger partial charge in [-0.05, 0) is 91.8 Å². The van der Waals surface area contributed by atoms with Gasteiger partial charge < -0.3 is 15.3 Å². The van der Waals surface area contributed by atoms with Crippen LogP contribution in [0.3, 0.4) is 0 Å². The fraction of sp³-hybridized carbons (Fsp3) is 0.929. The molecular formula is C28H46O3. The zero-order chi connectivity index (χ0) is 22.8. The molecule has 3 heteroatoms. The lowest BCUT2D eigenvalue weighted by atomic mass is 9.43. The van der Waals surface area contributed by atoms with Crippen LogP contribution in [0.15, 0.2) is 0 Å². The molecule has 0 radical (unpaired) electrons. The normalized spacial score (nSPS) is 56.9. The van der Waals surface area contributed by atoms with E-state index in [1.165, 1.54) is 19.3 Å². The van der Waals surface area contributed by atoms with Crippen LogP contribution in [0, 0.1) is 70.0 Å². The van der Waals surface area contributed by atoms with Crippen LogP contribution >= 0.6 is 0 Å². The van der Waals surface area contributed by atoms with Crippen LogP contribution in [0.2, 0.25) is 0 Å². The molecule has 0 heterocycles. The van der Waals surface area contributed by atoms with Gasteiger partial charge in [0.05, 0.1) is 6.10 Å². The Balaban J connectivity index is 0.000000549. The highest BCUT2D eigenvalue weighted by Crippen LogP contribution is 2.80. The number of aliphatic hydroxyl groups excluding tert-OH is 2. The highest BCUT2D eigenvalue weighted by atomic mass is 16.3. The van der Waals surface area contributed by atoms with Crippen molar-refractivity contribution >= 4 is 0 Å². The molecule has 0 spiro atoms. The lowest BCUT2D eigenvalue weighted by molar-refractivity contribution is -0.160. The van der Waals surface area contributed by atoms with E-state index in [-0.39, 0.29) is 18.1 Å². The first-order valence-corrected chi connectivity index (χ1v) is 13.4. The smallest absolute Gasteiger partial charge is 0.134 e. The lowest BCUT2D eigenvalue weighted by Gasteiger charge is -2.61. The summed E-state index contributed by atoms with van der Waals surface area (Å²) in [5.74, 6) is 11.5. The summed E-state index contributed by atoms with van der Waals surface area (Å²) in [7, 11) is 0. The minimum absolute atomic E-state index is 0.0760. The van der Waals surface area contributed by atoms with Crippen molar-refractivity contribution in [1.82, 2.24) is 0 Å². The van der Waals surface area contributed by atoms with Crippen molar-refractivity contribution in [3.63, 3.8) is 0 Å². The molecule has 6 fully saturated rings. The Labute approximate surface area is 190 Å². The first-order chi connectivity index (χ1) is 14.8. The minimum Gasteiger partial charge on any atom is -0.393 e. The largest absolute Gasteiger partial charge is 0.393 e. The van der Waals surface area contributed by atoms with Gasteiger partial charge in [-0.25, -0.2) is 0 Å². The molecule has 0 saturated heterocycles. The molecule has 0 bridgehead atoms. The Hall–Kier alpha value is -0.560. The van der Waals surface area contributed by atoms with E-state index in [0.29, 0.717) is 23.2 Å². The topological polar surface area (TPSA) is 60.7 Å². The van der Waals surface area contributed by atoms with Gasteiger partial charge in [0.15, 0.2) is 0 Å². The second kappa shape index (κ2) is 8.03. The lowest BCUT2D eigenvalue weighted by Crippen LogP contribution is -2.59. The summed E-state index contributed by atoms with van der Waals surface area (Å²) in [4.78, 5) is 0. The quantitative estimate of drug-likeness (QED) is 0.480. The van der Waals surface area contributed by atoms with E-state index >= 15 is 0 Å². The van der Waals surface area contributed by atoms with Gasteiger partial charge in [-0.15, -0.1) is 0 Å². The maximum Gasteiger partial charge on any atom is 0.134 e. The molecule has 31 heavy (non-hydrogen) atoms. The van der Waals surface area contributed by atoms with Crippen LogP contribution in [0.1, 0.15) is 86.5 Å². The second-order valence-corrected chi connectivity index (χ2v) is 11.5. The Morgan fingerprint density at radius 2 is 1.55 bits per heavy atom. The molecule has 0 aromatic carbocycles. The van der Waals surface area contributed by atoms with Gasteiger partial charge in [-0.1, -0.05) is 53.4 Å². The molecule has 12 atom stereocenters. The van der Waals surface area contributed by atoms with Crippen molar-refractivity contribution in [1.29, 1.82) is 0 Å². The van der Waals surface area contributed by atoms with Crippen molar-refractivity contribution in [3.05, 3.63) is 0 Å². The summed E-state index contributed by atoms with van der Waals surface area (Å²) in [5, 5.41) is 31.2. The first-order valence-electron chi connectivity index (χ1n) is 13.4. The summed E-state index contributed by atoms with van der Waals surface area (Å²) in [6.07, 6.45) is 7.91. The van der Waals surface area contributed by atoms with Gasteiger partial charge in [0.25, 0.3) is 0 Å². The molecule has 0 amide bonds.